The van der Waals surface area contributed by atoms with E-state index >= 15 is 0 Å². The van der Waals surface area contributed by atoms with Crippen LogP contribution in [-0.4, -0.2) is 16.8 Å². The average molecular weight is 281 g/mol. The standard InChI is InChI=1S/C16H15N3O2/c20-15-5-1-3-11-9-12(6-7-14(11)19-15)16(21)18-13-4-2-8-17-10-13/h2,4,6-10H,1,3,5H2,(H,18,21)(H,19,20). The number of rotatable bonds is 2. The van der Waals surface area contributed by atoms with E-state index in [0.717, 1.165) is 24.1 Å². The van der Waals surface area contributed by atoms with Gasteiger partial charge in [0.1, 0.15) is 0 Å². The summed E-state index contributed by atoms with van der Waals surface area (Å²) in [4.78, 5) is 27.7. The van der Waals surface area contributed by atoms with E-state index < -0.39 is 0 Å². The lowest BCUT2D eigenvalue weighted by Gasteiger charge is -2.09. The van der Waals surface area contributed by atoms with Crippen LogP contribution >= 0.6 is 0 Å². The number of benzene rings is 1. The number of anilines is 2. The van der Waals surface area contributed by atoms with Crippen molar-refractivity contribution in [2.24, 2.45) is 0 Å². The second-order valence-corrected chi connectivity index (χ2v) is 4.97. The molecule has 0 atom stereocenters. The highest BCUT2D eigenvalue weighted by Gasteiger charge is 2.15. The second-order valence-electron chi connectivity index (χ2n) is 4.97. The Balaban J connectivity index is 1.81. The maximum absolute atomic E-state index is 12.2. The van der Waals surface area contributed by atoms with E-state index in [1.165, 1.54) is 0 Å². The lowest BCUT2D eigenvalue weighted by atomic mass is 10.0. The molecule has 2 aromatic rings. The van der Waals surface area contributed by atoms with Crippen LogP contribution in [-0.2, 0) is 11.2 Å². The van der Waals surface area contributed by atoms with E-state index in [-0.39, 0.29) is 11.8 Å². The number of carbonyl (C=O) groups is 2. The highest BCUT2D eigenvalue weighted by Crippen LogP contribution is 2.23. The zero-order chi connectivity index (χ0) is 14.7. The molecule has 0 aliphatic carbocycles. The summed E-state index contributed by atoms with van der Waals surface area (Å²) in [5, 5.41) is 5.66. The first kappa shape index (κ1) is 13.3. The van der Waals surface area contributed by atoms with Gasteiger partial charge in [-0.3, -0.25) is 14.6 Å². The Labute approximate surface area is 122 Å². The first-order chi connectivity index (χ1) is 10.2. The molecule has 0 unspecified atom stereocenters. The fourth-order valence-electron chi connectivity index (χ4n) is 2.36. The number of aryl methyl sites for hydroxylation is 1. The third-order valence-electron chi connectivity index (χ3n) is 3.41. The van der Waals surface area contributed by atoms with Gasteiger partial charge >= 0.3 is 0 Å². The van der Waals surface area contributed by atoms with Crippen LogP contribution in [0.5, 0.6) is 0 Å². The van der Waals surface area contributed by atoms with Crippen LogP contribution in [0.2, 0.25) is 0 Å². The van der Waals surface area contributed by atoms with Crippen molar-refractivity contribution < 1.29 is 9.59 Å². The smallest absolute Gasteiger partial charge is 0.255 e. The van der Waals surface area contributed by atoms with Crippen LogP contribution in [0.3, 0.4) is 0 Å². The fourth-order valence-corrected chi connectivity index (χ4v) is 2.36. The van der Waals surface area contributed by atoms with Gasteiger partial charge in [0.05, 0.1) is 11.9 Å². The van der Waals surface area contributed by atoms with Crippen molar-refractivity contribution in [3.63, 3.8) is 0 Å². The number of fused-ring (bicyclic) bond motifs is 1. The first-order valence-electron chi connectivity index (χ1n) is 6.86. The molecule has 1 aromatic heterocycles. The van der Waals surface area contributed by atoms with Gasteiger partial charge in [-0.15, -0.1) is 0 Å². The Morgan fingerprint density at radius 1 is 1.24 bits per heavy atom. The van der Waals surface area contributed by atoms with Crippen molar-refractivity contribution in [2.45, 2.75) is 19.3 Å². The number of carbonyl (C=O) groups excluding carboxylic acids is 2. The van der Waals surface area contributed by atoms with E-state index in [0.29, 0.717) is 17.7 Å². The summed E-state index contributed by atoms with van der Waals surface area (Å²) in [7, 11) is 0. The van der Waals surface area contributed by atoms with Gasteiger partial charge in [0, 0.05) is 23.9 Å². The Bertz CT molecular complexity index is 683. The molecule has 1 aliphatic heterocycles. The van der Waals surface area contributed by atoms with Gasteiger partial charge in [0.2, 0.25) is 5.91 Å². The second kappa shape index (κ2) is 5.75. The molecule has 1 aliphatic rings. The molecule has 1 aromatic carbocycles. The van der Waals surface area contributed by atoms with Crippen LogP contribution in [0.25, 0.3) is 0 Å². The molecule has 5 nitrogen and oxygen atoms in total. The molecular formula is C16H15N3O2. The summed E-state index contributed by atoms with van der Waals surface area (Å²) in [5.74, 6) is -0.150. The van der Waals surface area contributed by atoms with Gasteiger partial charge in [-0.1, -0.05) is 0 Å². The Hall–Kier alpha value is -2.69. The number of hydrogen-bond acceptors (Lipinski definition) is 3. The molecule has 0 radical (unpaired) electrons. The van der Waals surface area contributed by atoms with Crippen molar-refractivity contribution in [1.29, 1.82) is 0 Å². The van der Waals surface area contributed by atoms with Gasteiger partial charge in [-0.05, 0) is 48.7 Å². The van der Waals surface area contributed by atoms with Crippen LogP contribution in [0, 0.1) is 0 Å². The van der Waals surface area contributed by atoms with E-state index in [9.17, 15) is 9.59 Å². The molecule has 0 fully saturated rings. The number of hydrogen-bond donors (Lipinski definition) is 2. The molecule has 0 saturated carbocycles. The molecule has 0 saturated heterocycles. The first-order valence-corrected chi connectivity index (χ1v) is 6.86. The highest BCUT2D eigenvalue weighted by atomic mass is 16.2. The van der Waals surface area contributed by atoms with E-state index in [1.807, 2.05) is 6.07 Å². The van der Waals surface area contributed by atoms with Crippen molar-refractivity contribution in [3.8, 4) is 0 Å². The summed E-state index contributed by atoms with van der Waals surface area (Å²) >= 11 is 0. The molecular weight excluding hydrogens is 266 g/mol. The largest absolute Gasteiger partial charge is 0.326 e. The quantitative estimate of drug-likeness (QED) is 0.888. The molecule has 0 spiro atoms. The number of aromatic nitrogens is 1. The minimum absolute atomic E-state index is 0.0290. The predicted octanol–water partition coefficient (Wildman–Crippen LogP) is 2.61. The van der Waals surface area contributed by atoms with E-state index in [4.69, 9.17) is 0 Å². The van der Waals surface area contributed by atoms with Crippen LogP contribution in [0.1, 0.15) is 28.8 Å². The molecule has 2 amide bonds. The number of nitrogens with one attached hydrogen (secondary N) is 2. The summed E-state index contributed by atoms with van der Waals surface area (Å²) in [5.41, 5.74) is 3.04. The predicted molar refractivity (Wildman–Crippen MR) is 80.2 cm³/mol. The van der Waals surface area contributed by atoms with Gasteiger partial charge in [-0.2, -0.15) is 0 Å². The topological polar surface area (TPSA) is 71.1 Å². The van der Waals surface area contributed by atoms with E-state index in [2.05, 4.69) is 15.6 Å². The Morgan fingerprint density at radius 3 is 2.95 bits per heavy atom. The summed E-state index contributed by atoms with van der Waals surface area (Å²) in [6, 6.07) is 8.90. The zero-order valence-corrected chi connectivity index (χ0v) is 11.4. The van der Waals surface area contributed by atoms with Gasteiger partial charge < -0.3 is 10.6 Å². The molecule has 3 rings (SSSR count). The molecule has 0 bridgehead atoms. The van der Waals surface area contributed by atoms with Crippen molar-refractivity contribution >= 4 is 23.2 Å². The fraction of sp³-hybridized carbons (Fsp3) is 0.188. The van der Waals surface area contributed by atoms with Gasteiger partial charge in [-0.25, -0.2) is 0 Å². The van der Waals surface area contributed by atoms with Crippen molar-refractivity contribution in [1.82, 2.24) is 4.98 Å². The van der Waals surface area contributed by atoms with Crippen molar-refractivity contribution in [3.05, 3.63) is 53.9 Å². The molecule has 21 heavy (non-hydrogen) atoms. The molecule has 2 N–H and O–H groups in total. The minimum Gasteiger partial charge on any atom is -0.326 e. The molecule has 5 heteroatoms. The monoisotopic (exact) mass is 281 g/mol. The lowest BCUT2D eigenvalue weighted by molar-refractivity contribution is -0.116. The molecule has 2 heterocycles. The van der Waals surface area contributed by atoms with Gasteiger partial charge in [0.15, 0.2) is 0 Å². The minimum atomic E-state index is -0.179. The number of pyridine rings is 1. The van der Waals surface area contributed by atoms with Crippen LogP contribution < -0.4 is 10.6 Å². The maximum atomic E-state index is 12.2. The zero-order valence-electron chi connectivity index (χ0n) is 11.4. The SMILES string of the molecule is O=C1CCCc2cc(C(=O)Nc3cccnc3)ccc2N1. The number of amides is 2. The van der Waals surface area contributed by atoms with Gasteiger partial charge in [0.25, 0.3) is 5.91 Å². The average Bonchev–Trinajstić information content (AvgIpc) is 2.68. The Morgan fingerprint density at radius 2 is 2.14 bits per heavy atom. The third-order valence-corrected chi connectivity index (χ3v) is 3.41. The maximum Gasteiger partial charge on any atom is 0.255 e. The normalized spacial score (nSPS) is 13.8. The summed E-state index contributed by atoms with van der Waals surface area (Å²) in [6.07, 6.45) is 5.36. The van der Waals surface area contributed by atoms with Crippen molar-refractivity contribution in [2.75, 3.05) is 10.6 Å². The van der Waals surface area contributed by atoms with E-state index in [1.54, 1.807) is 36.7 Å². The third kappa shape index (κ3) is 3.08. The molecule has 106 valence electrons. The summed E-state index contributed by atoms with van der Waals surface area (Å²) in [6.45, 7) is 0. The van der Waals surface area contributed by atoms with Crippen LogP contribution in [0.15, 0.2) is 42.7 Å². The summed E-state index contributed by atoms with van der Waals surface area (Å²) < 4.78 is 0. The number of nitrogens with zero attached hydrogens (tertiary/aromatic N) is 1. The lowest BCUT2D eigenvalue weighted by Crippen LogP contribution is -2.13. The highest BCUT2D eigenvalue weighted by molar-refractivity contribution is 6.05. The van der Waals surface area contributed by atoms with Crippen LogP contribution in [0.4, 0.5) is 11.4 Å². The Kier molecular flexibility index (Phi) is 3.64.